The van der Waals surface area contributed by atoms with E-state index in [1.165, 1.54) is 11.8 Å². The van der Waals surface area contributed by atoms with Gasteiger partial charge >= 0.3 is 0 Å². The minimum Gasteiger partial charge on any atom is -0.325 e. The highest BCUT2D eigenvalue weighted by molar-refractivity contribution is 8.14. The zero-order valence-electron chi connectivity index (χ0n) is 17.4. The third-order valence-electron chi connectivity index (χ3n) is 4.99. The van der Waals surface area contributed by atoms with E-state index < -0.39 is 0 Å². The number of fused-ring (bicyclic) bond motifs is 1. The van der Waals surface area contributed by atoms with Crippen LogP contribution in [0.25, 0.3) is 0 Å². The first-order valence-corrected chi connectivity index (χ1v) is 11.3. The van der Waals surface area contributed by atoms with E-state index in [0.29, 0.717) is 11.4 Å². The summed E-state index contributed by atoms with van der Waals surface area (Å²) in [6.07, 6.45) is 0.553. The molecule has 1 aliphatic rings. The molecular formula is C25H22ClN3OS. The fraction of sp³-hybridized carbons (Fsp3) is 0.160. The average molecular weight is 448 g/mol. The summed E-state index contributed by atoms with van der Waals surface area (Å²) in [7, 11) is 0. The summed E-state index contributed by atoms with van der Waals surface area (Å²) in [5.41, 5.74) is 6.52. The van der Waals surface area contributed by atoms with Crippen molar-refractivity contribution in [3.8, 4) is 0 Å². The SMILES string of the molecule is Cc1cccc(C)c1NC(=O)CSC1=Nc2ccccc2N=C(c2ccc(Cl)cc2)C1. The number of nitrogens with zero attached hydrogens (tertiary/aromatic N) is 2. The number of aryl methyl sites for hydroxylation is 2. The first-order valence-electron chi connectivity index (χ1n) is 9.98. The maximum atomic E-state index is 12.6. The van der Waals surface area contributed by atoms with Gasteiger partial charge in [-0.1, -0.05) is 54.1 Å². The highest BCUT2D eigenvalue weighted by Crippen LogP contribution is 2.33. The lowest BCUT2D eigenvalue weighted by atomic mass is 10.1. The third kappa shape index (κ3) is 5.24. The highest BCUT2D eigenvalue weighted by Gasteiger charge is 2.17. The molecule has 1 N–H and O–H groups in total. The van der Waals surface area contributed by atoms with Crippen molar-refractivity contribution in [1.82, 2.24) is 0 Å². The monoisotopic (exact) mass is 447 g/mol. The maximum Gasteiger partial charge on any atom is 0.234 e. The van der Waals surface area contributed by atoms with Gasteiger partial charge in [0.25, 0.3) is 0 Å². The summed E-state index contributed by atoms with van der Waals surface area (Å²) in [5, 5.41) is 4.58. The highest BCUT2D eigenvalue weighted by atomic mass is 35.5. The number of carbonyl (C=O) groups excluding carboxylic acids is 1. The number of rotatable bonds is 4. The number of hydrogen-bond donors (Lipinski definition) is 1. The van der Waals surface area contributed by atoms with Crippen molar-refractivity contribution in [2.45, 2.75) is 20.3 Å². The molecule has 31 heavy (non-hydrogen) atoms. The topological polar surface area (TPSA) is 53.8 Å². The van der Waals surface area contributed by atoms with E-state index in [-0.39, 0.29) is 11.7 Å². The Morgan fingerprint density at radius 1 is 0.935 bits per heavy atom. The zero-order valence-corrected chi connectivity index (χ0v) is 18.9. The molecule has 0 saturated heterocycles. The molecule has 0 fully saturated rings. The lowest BCUT2D eigenvalue weighted by Crippen LogP contribution is -2.17. The first-order chi connectivity index (χ1) is 15.0. The van der Waals surface area contributed by atoms with Gasteiger partial charge in [0.05, 0.1) is 27.9 Å². The quantitative estimate of drug-likeness (QED) is 0.473. The molecule has 0 spiro atoms. The molecule has 1 heterocycles. The molecule has 0 radical (unpaired) electrons. The molecular weight excluding hydrogens is 426 g/mol. The number of hydrogen-bond acceptors (Lipinski definition) is 4. The van der Waals surface area contributed by atoms with Crippen LogP contribution in [-0.4, -0.2) is 22.4 Å². The Balaban J connectivity index is 1.54. The van der Waals surface area contributed by atoms with Crippen LogP contribution in [0.1, 0.15) is 23.1 Å². The van der Waals surface area contributed by atoms with Crippen LogP contribution in [0.3, 0.4) is 0 Å². The molecule has 0 saturated carbocycles. The smallest absolute Gasteiger partial charge is 0.234 e. The molecule has 4 rings (SSSR count). The summed E-state index contributed by atoms with van der Waals surface area (Å²) in [4.78, 5) is 22.3. The number of para-hydroxylation sites is 3. The maximum absolute atomic E-state index is 12.6. The van der Waals surface area contributed by atoms with Gasteiger partial charge in [-0.05, 0) is 54.8 Å². The molecule has 3 aromatic carbocycles. The van der Waals surface area contributed by atoms with Gasteiger partial charge in [-0.25, -0.2) is 4.99 Å². The van der Waals surface area contributed by atoms with Crippen molar-refractivity contribution in [3.05, 3.63) is 88.4 Å². The van der Waals surface area contributed by atoms with E-state index in [9.17, 15) is 4.79 Å². The van der Waals surface area contributed by atoms with Crippen LogP contribution in [0, 0.1) is 13.8 Å². The number of nitrogens with one attached hydrogen (secondary N) is 1. The van der Waals surface area contributed by atoms with Crippen molar-refractivity contribution in [1.29, 1.82) is 0 Å². The van der Waals surface area contributed by atoms with Gasteiger partial charge in [-0.2, -0.15) is 0 Å². The largest absolute Gasteiger partial charge is 0.325 e. The van der Waals surface area contributed by atoms with Crippen LogP contribution in [0.2, 0.25) is 5.02 Å². The van der Waals surface area contributed by atoms with Gasteiger partial charge in [-0.3, -0.25) is 9.79 Å². The van der Waals surface area contributed by atoms with Crippen molar-refractivity contribution in [2.24, 2.45) is 9.98 Å². The number of amides is 1. The minimum atomic E-state index is -0.0485. The number of anilines is 1. The predicted molar refractivity (Wildman–Crippen MR) is 133 cm³/mol. The summed E-state index contributed by atoms with van der Waals surface area (Å²) in [6.45, 7) is 3.99. The Kier molecular flexibility index (Phi) is 6.54. The van der Waals surface area contributed by atoms with Crippen LogP contribution in [-0.2, 0) is 4.79 Å². The Morgan fingerprint density at radius 2 is 1.58 bits per heavy atom. The van der Waals surface area contributed by atoms with Gasteiger partial charge in [0.1, 0.15) is 0 Å². The van der Waals surface area contributed by atoms with E-state index in [4.69, 9.17) is 21.6 Å². The average Bonchev–Trinajstić information content (AvgIpc) is 2.95. The van der Waals surface area contributed by atoms with Crippen LogP contribution in [0.15, 0.2) is 76.7 Å². The van der Waals surface area contributed by atoms with Crippen molar-refractivity contribution in [2.75, 3.05) is 11.1 Å². The molecule has 0 unspecified atom stereocenters. The first kappa shape index (κ1) is 21.3. The molecule has 0 aromatic heterocycles. The second-order valence-electron chi connectivity index (χ2n) is 7.34. The van der Waals surface area contributed by atoms with Crippen LogP contribution < -0.4 is 5.32 Å². The Morgan fingerprint density at radius 3 is 2.26 bits per heavy atom. The molecule has 0 bridgehead atoms. The van der Waals surface area contributed by atoms with Crippen molar-refractivity contribution >= 4 is 57.1 Å². The second-order valence-corrected chi connectivity index (χ2v) is 8.83. The molecule has 6 heteroatoms. The summed E-state index contributed by atoms with van der Waals surface area (Å²) in [6, 6.07) is 21.4. The lowest BCUT2D eigenvalue weighted by Gasteiger charge is -2.12. The number of benzene rings is 3. The lowest BCUT2D eigenvalue weighted by molar-refractivity contribution is -0.113. The van der Waals surface area contributed by atoms with Gasteiger partial charge < -0.3 is 5.32 Å². The molecule has 1 amide bonds. The van der Waals surface area contributed by atoms with Crippen LogP contribution in [0.5, 0.6) is 0 Å². The van der Waals surface area contributed by atoms with Crippen molar-refractivity contribution < 1.29 is 4.79 Å². The van der Waals surface area contributed by atoms with Crippen molar-refractivity contribution in [3.63, 3.8) is 0 Å². The summed E-state index contributed by atoms with van der Waals surface area (Å²) in [5.74, 6) is 0.232. The molecule has 0 atom stereocenters. The minimum absolute atomic E-state index is 0.0485. The van der Waals surface area contributed by atoms with Crippen LogP contribution in [0.4, 0.5) is 17.1 Å². The van der Waals surface area contributed by atoms with Gasteiger partial charge in [0.15, 0.2) is 0 Å². The number of thioether (sulfide) groups is 1. The Hall–Kier alpha value is -2.89. The van der Waals surface area contributed by atoms with E-state index >= 15 is 0 Å². The number of carbonyl (C=O) groups is 1. The molecule has 4 nitrogen and oxygen atoms in total. The molecule has 1 aliphatic heterocycles. The van der Waals surface area contributed by atoms with E-state index in [0.717, 1.165) is 44.5 Å². The Labute approximate surface area is 191 Å². The summed E-state index contributed by atoms with van der Waals surface area (Å²) >= 11 is 7.50. The standard InChI is InChI=1S/C25H22ClN3OS/c1-16-6-5-7-17(2)25(16)29-23(30)15-31-24-14-22(18-10-12-19(26)13-11-18)27-20-8-3-4-9-21(20)28-24/h3-13H,14-15H2,1-2H3,(H,29,30). The second kappa shape index (κ2) is 9.50. The van der Waals surface area contributed by atoms with Gasteiger partial charge in [-0.15, -0.1) is 11.8 Å². The van der Waals surface area contributed by atoms with E-state index in [1.807, 2.05) is 80.6 Å². The molecule has 3 aromatic rings. The summed E-state index contributed by atoms with van der Waals surface area (Å²) < 4.78 is 0. The fourth-order valence-corrected chi connectivity index (χ4v) is 4.28. The van der Waals surface area contributed by atoms with E-state index in [1.54, 1.807) is 0 Å². The zero-order chi connectivity index (χ0) is 21.8. The van der Waals surface area contributed by atoms with Gasteiger partial charge in [0, 0.05) is 17.1 Å². The predicted octanol–water partition coefficient (Wildman–Crippen LogP) is 6.88. The number of aliphatic imine (C=N–C) groups is 2. The van der Waals surface area contributed by atoms with Crippen LogP contribution >= 0.6 is 23.4 Å². The third-order valence-corrected chi connectivity index (χ3v) is 6.22. The van der Waals surface area contributed by atoms with E-state index in [2.05, 4.69) is 5.32 Å². The Bertz CT molecular complexity index is 1170. The normalized spacial score (nSPS) is 13.0. The molecule has 0 aliphatic carbocycles. The van der Waals surface area contributed by atoms with Gasteiger partial charge in [0.2, 0.25) is 5.91 Å². The number of halogens is 1. The molecule has 156 valence electrons. The fourth-order valence-electron chi connectivity index (χ4n) is 3.38.